The summed E-state index contributed by atoms with van der Waals surface area (Å²) in [6, 6.07) is 1.65. The number of carbonyl (C=O) groups is 2. The minimum atomic E-state index is -0.995. The van der Waals surface area contributed by atoms with Crippen LogP contribution >= 0.6 is 0 Å². The first-order chi connectivity index (χ1) is 7.07. The molecule has 15 heavy (non-hydrogen) atoms. The minimum absolute atomic E-state index is 0.0965. The number of aliphatic carboxylic acids is 1. The maximum absolute atomic E-state index is 10.8. The molecule has 0 fully saturated rings. The molecule has 0 rings (SSSR count). The Morgan fingerprint density at radius 3 is 2.73 bits per heavy atom. The SMILES string of the molecule is CC(=CCCOC(=O)C=CC#N)C(=O)O. The molecule has 0 aliphatic rings. The van der Waals surface area contributed by atoms with Crippen molar-refractivity contribution < 1.29 is 19.4 Å². The highest BCUT2D eigenvalue weighted by Gasteiger charge is 1.99. The lowest BCUT2D eigenvalue weighted by atomic mass is 10.2. The zero-order chi connectivity index (χ0) is 11.7. The fourth-order valence-electron chi connectivity index (χ4n) is 0.676. The highest BCUT2D eigenvalue weighted by molar-refractivity contribution is 5.85. The zero-order valence-corrected chi connectivity index (χ0v) is 8.27. The highest BCUT2D eigenvalue weighted by Crippen LogP contribution is 1.96. The molecule has 0 heterocycles. The monoisotopic (exact) mass is 209 g/mol. The predicted octanol–water partition coefficient (Wildman–Crippen LogP) is 1.03. The number of carboxylic acids is 1. The summed E-state index contributed by atoms with van der Waals surface area (Å²) in [7, 11) is 0. The molecule has 0 amide bonds. The van der Waals surface area contributed by atoms with Gasteiger partial charge in [0.05, 0.1) is 12.7 Å². The lowest BCUT2D eigenvalue weighted by molar-refractivity contribution is -0.137. The standard InChI is InChI=1S/C10H11NO4/c1-8(10(13)14)4-3-7-15-9(12)5-2-6-11/h2,4-5H,3,7H2,1H3,(H,13,14). The topological polar surface area (TPSA) is 87.4 Å². The Balaban J connectivity index is 3.78. The lowest BCUT2D eigenvalue weighted by Gasteiger charge is -1.98. The molecule has 0 radical (unpaired) electrons. The van der Waals surface area contributed by atoms with Gasteiger partial charge in [-0.2, -0.15) is 5.26 Å². The van der Waals surface area contributed by atoms with Crippen LogP contribution in [0.3, 0.4) is 0 Å². The summed E-state index contributed by atoms with van der Waals surface area (Å²) in [6.07, 6.45) is 3.82. The smallest absolute Gasteiger partial charge is 0.331 e. The normalized spacial score (nSPS) is 11.1. The van der Waals surface area contributed by atoms with Crippen LogP contribution in [0.15, 0.2) is 23.8 Å². The van der Waals surface area contributed by atoms with Gasteiger partial charge in [-0.3, -0.25) is 0 Å². The number of esters is 1. The van der Waals surface area contributed by atoms with Crippen molar-refractivity contribution in [2.75, 3.05) is 6.61 Å². The van der Waals surface area contributed by atoms with Crippen molar-refractivity contribution in [3.05, 3.63) is 23.8 Å². The van der Waals surface area contributed by atoms with E-state index in [1.54, 1.807) is 6.07 Å². The van der Waals surface area contributed by atoms with Crippen LogP contribution in [0.2, 0.25) is 0 Å². The number of hydrogen-bond donors (Lipinski definition) is 1. The van der Waals surface area contributed by atoms with E-state index in [2.05, 4.69) is 4.74 Å². The Morgan fingerprint density at radius 1 is 1.53 bits per heavy atom. The van der Waals surface area contributed by atoms with Gasteiger partial charge in [-0.1, -0.05) is 6.08 Å². The van der Waals surface area contributed by atoms with Gasteiger partial charge >= 0.3 is 11.9 Å². The second-order valence-electron chi connectivity index (χ2n) is 2.61. The van der Waals surface area contributed by atoms with E-state index in [1.165, 1.54) is 13.0 Å². The van der Waals surface area contributed by atoms with E-state index in [-0.39, 0.29) is 12.2 Å². The van der Waals surface area contributed by atoms with Gasteiger partial charge in [0.2, 0.25) is 0 Å². The molecule has 0 unspecified atom stereocenters. The third-order valence-electron chi connectivity index (χ3n) is 1.44. The third-order valence-corrected chi connectivity index (χ3v) is 1.44. The van der Waals surface area contributed by atoms with Gasteiger partial charge in [0.1, 0.15) is 0 Å². The summed E-state index contributed by atoms with van der Waals surface area (Å²) in [6.45, 7) is 1.55. The first-order valence-electron chi connectivity index (χ1n) is 4.21. The second-order valence-corrected chi connectivity index (χ2v) is 2.61. The van der Waals surface area contributed by atoms with E-state index in [9.17, 15) is 9.59 Å². The molecule has 0 aromatic carbocycles. The molecule has 0 saturated heterocycles. The molecule has 0 aromatic heterocycles. The Morgan fingerprint density at radius 2 is 2.20 bits per heavy atom. The van der Waals surface area contributed by atoms with Gasteiger partial charge in [0, 0.05) is 24.1 Å². The van der Waals surface area contributed by atoms with Gasteiger partial charge in [0.15, 0.2) is 0 Å². The Kier molecular flexibility index (Phi) is 6.31. The maximum Gasteiger partial charge on any atom is 0.331 e. The van der Waals surface area contributed by atoms with Crippen LogP contribution < -0.4 is 0 Å². The summed E-state index contributed by atoms with van der Waals surface area (Å²) in [5.41, 5.74) is 0.207. The fourth-order valence-corrected chi connectivity index (χ4v) is 0.676. The van der Waals surface area contributed by atoms with Gasteiger partial charge in [-0.15, -0.1) is 0 Å². The largest absolute Gasteiger partial charge is 0.478 e. The summed E-state index contributed by atoms with van der Waals surface area (Å²) in [5, 5.41) is 16.6. The molecule has 0 bridgehead atoms. The summed E-state index contributed by atoms with van der Waals surface area (Å²) in [4.78, 5) is 21.1. The van der Waals surface area contributed by atoms with Crippen molar-refractivity contribution in [2.24, 2.45) is 0 Å². The maximum atomic E-state index is 10.8. The lowest BCUT2D eigenvalue weighted by Crippen LogP contribution is -2.02. The van der Waals surface area contributed by atoms with Gasteiger partial charge < -0.3 is 9.84 Å². The van der Waals surface area contributed by atoms with Crippen molar-refractivity contribution in [2.45, 2.75) is 13.3 Å². The number of allylic oxidation sites excluding steroid dienone is 1. The average molecular weight is 209 g/mol. The molecule has 5 nitrogen and oxygen atoms in total. The van der Waals surface area contributed by atoms with Crippen molar-refractivity contribution in [1.82, 2.24) is 0 Å². The number of nitrogens with zero attached hydrogens (tertiary/aromatic N) is 1. The average Bonchev–Trinajstić information content (AvgIpc) is 2.20. The quantitative estimate of drug-likeness (QED) is 0.316. The van der Waals surface area contributed by atoms with E-state index in [0.29, 0.717) is 6.42 Å². The van der Waals surface area contributed by atoms with E-state index < -0.39 is 11.9 Å². The molecule has 80 valence electrons. The fraction of sp³-hybridized carbons (Fsp3) is 0.300. The number of rotatable bonds is 5. The van der Waals surface area contributed by atoms with E-state index in [0.717, 1.165) is 12.2 Å². The molecule has 0 aromatic rings. The molecule has 0 aliphatic carbocycles. The number of carbonyl (C=O) groups excluding carboxylic acids is 1. The number of hydrogen-bond acceptors (Lipinski definition) is 4. The summed E-state index contributed by atoms with van der Waals surface area (Å²) in [5.74, 6) is -1.61. The predicted molar refractivity (Wildman–Crippen MR) is 51.7 cm³/mol. The van der Waals surface area contributed by atoms with E-state index in [1.807, 2.05) is 0 Å². The molecular weight excluding hydrogens is 198 g/mol. The molecule has 0 spiro atoms. The summed E-state index contributed by atoms with van der Waals surface area (Å²) < 4.78 is 4.66. The van der Waals surface area contributed by atoms with Crippen LogP contribution in [-0.4, -0.2) is 23.7 Å². The zero-order valence-electron chi connectivity index (χ0n) is 8.27. The molecule has 0 aliphatic heterocycles. The Labute approximate surface area is 87.3 Å². The third kappa shape index (κ3) is 7.02. The molecule has 0 atom stereocenters. The van der Waals surface area contributed by atoms with Crippen molar-refractivity contribution in [3.63, 3.8) is 0 Å². The van der Waals surface area contributed by atoms with E-state index in [4.69, 9.17) is 10.4 Å². The molecule has 0 saturated carbocycles. The van der Waals surface area contributed by atoms with Crippen molar-refractivity contribution in [3.8, 4) is 6.07 Å². The first-order valence-corrected chi connectivity index (χ1v) is 4.21. The van der Waals surface area contributed by atoms with E-state index >= 15 is 0 Å². The summed E-state index contributed by atoms with van der Waals surface area (Å²) >= 11 is 0. The van der Waals surface area contributed by atoms with Crippen molar-refractivity contribution in [1.29, 1.82) is 5.26 Å². The van der Waals surface area contributed by atoms with Crippen molar-refractivity contribution >= 4 is 11.9 Å². The van der Waals surface area contributed by atoms with Crippen LogP contribution in [0.25, 0.3) is 0 Å². The van der Waals surface area contributed by atoms with Crippen LogP contribution in [-0.2, 0) is 14.3 Å². The number of carboxylic acid groups (broad SMARTS) is 1. The molecular formula is C10H11NO4. The first kappa shape index (κ1) is 12.9. The molecule has 1 N–H and O–H groups in total. The second kappa shape index (κ2) is 7.33. The van der Waals surface area contributed by atoms with Crippen LogP contribution in [0.1, 0.15) is 13.3 Å². The van der Waals surface area contributed by atoms with Gasteiger partial charge in [0.25, 0.3) is 0 Å². The van der Waals surface area contributed by atoms with Gasteiger partial charge in [-0.05, 0) is 6.92 Å². The molecule has 5 heteroatoms. The minimum Gasteiger partial charge on any atom is -0.478 e. The Hall–Kier alpha value is -2.09. The van der Waals surface area contributed by atoms with Crippen LogP contribution in [0.4, 0.5) is 0 Å². The van der Waals surface area contributed by atoms with Gasteiger partial charge in [-0.25, -0.2) is 9.59 Å². The Bertz CT molecular complexity index is 336. The van der Waals surface area contributed by atoms with Crippen LogP contribution in [0.5, 0.6) is 0 Å². The number of nitriles is 1. The number of ether oxygens (including phenoxy) is 1. The van der Waals surface area contributed by atoms with Crippen LogP contribution in [0, 0.1) is 11.3 Å². The highest BCUT2D eigenvalue weighted by atomic mass is 16.5.